The summed E-state index contributed by atoms with van der Waals surface area (Å²) in [6.07, 6.45) is -4.36. The number of benzene rings is 2. The van der Waals surface area contributed by atoms with Crippen molar-refractivity contribution >= 4 is 17.3 Å². The lowest BCUT2D eigenvalue weighted by Crippen LogP contribution is -2.48. The molecule has 0 aromatic heterocycles. The van der Waals surface area contributed by atoms with Gasteiger partial charge in [-0.15, -0.1) is 0 Å². The molecule has 166 valence electrons. The van der Waals surface area contributed by atoms with Crippen LogP contribution in [-0.2, 0) is 12.7 Å². The van der Waals surface area contributed by atoms with Crippen LogP contribution >= 0.6 is 0 Å². The van der Waals surface area contributed by atoms with Crippen LogP contribution in [0.3, 0.4) is 0 Å². The van der Waals surface area contributed by atoms with Gasteiger partial charge in [-0.2, -0.15) is 13.2 Å². The molecule has 0 bridgehead atoms. The van der Waals surface area contributed by atoms with Gasteiger partial charge in [-0.1, -0.05) is 12.1 Å². The van der Waals surface area contributed by atoms with E-state index in [0.29, 0.717) is 38.4 Å². The minimum Gasteiger partial charge on any atom is -0.372 e. The highest BCUT2D eigenvalue weighted by Crippen LogP contribution is 2.30. The van der Waals surface area contributed by atoms with Gasteiger partial charge in [-0.05, 0) is 29.8 Å². The fraction of sp³-hybridized carbons (Fsp3) is 0.381. The second kappa shape index (κ2) is 8.93. The van der Waals surface area contributed by atoms with E-state index < -0.39 is 16.7 Å². The van der Waals surface area contributed by atoms with Crippen LogP contribution in [0.2, 0.25) is 0 Å². The third-order valence-corrected chi connectivity index (χ3v) is 5.25. The highest BCUT2D eigenvalue weighted by atomic mass is 19.4. The largest absolute Gasteiger partial charge is 0.416 e. The van der Waals surface area contributed by atoms with Crippen LogP contribution < -0.4 is 4.90 Å². The number of rotatable bonds is 5. The summed E-state index contributed by atoms with van der Waals surface area (Å²) in [5.41, 5.74) is 0.636. The molecule has 0 spiro atoms. The van der Waals surface area contributed by atoms with Crippen molar-refractivity contribution in [1.29, 1.82) is 0 Å². The molecule has 1 amide bonds. The molecule has 1 heterocycles. The molecule has 2 aromatic rings. The van der Waals surface area contributed by atoms with Crippen LogP contribution in [0.4, 0.5) is 24.5 Å². The molecular formula is C21H23F3N4O3. The SMILES string of the molecule is CN(C)c1ccc(C(=O)N2CCN(Cc3ccc(C(F)(F)F)cc3)CC2)cc1[N+](=O)[O-]. The van der Waals surface area contributed by atoms with Crippen molar-refractivity contribution in [2.75, 3.05) is 45.2 Å². The average molecular weight is 436 g/mol. The Bertz CT molecular complexity index is 953. The van der Waals surface area contributed by atoms with Gasteiger partial charge in [0.2, 0.25) is 0 Å². The molecule has 31 heavy (non-hydrogen) atoms. The number of nitro benzene ring substituents is 1. The van der Waals surface area contributed by atoms with E-state index in [0.717, 1.165) is 17.7 Å². The lowest BCUT2D eigenvalue weighted by molar-refractivity contribution is -0.384. The van der Waals surface area contributed by atoms with Gasteiger partial charge in [-0.3, -0.25) is 19.8 Å². The first kappa shape index (κ1) is 22.5. The number of piperazine rings is 1. The molecule has 1 aliphatic rings. The van der Waals surface area contributed by atoms with Crippen molar-refractivity contribution in [3.63, 3.8) is 0 Å². The molecule has 0 N–H and O–H groups in total. The van der Waals surface area contributed by atoms with E-state index in [1.807, 2.05) is 0 Å². The summed E-state index contributed by atoms with van der Waals surface area (Å²) in [6, 6.07) is 9.51. The number of carbonyl (C=O) groups is 1. The Hall–Kier alpha value is -3.14. The van der Waals surface area contributed by atoms with E-state index >= 15 is 0 Å². The monoisotopic (exact) mass is 436 g/mol. The highest BCUT2D eigenvalue weighted by molar-refractivity contribution is 5.95. The normalized spacial score (nSPS) is 15.1. The summed E-state index contributed by atoms with van der Waals surface area (Å²) in [7, 11) is 3.39. The first-order chi connectivity index (χ1) is 14.6. The first-order valence-corrected chi connectivity index (χ1v) is 9.70. The van der Waals surface area contributed by atoms with E-state index in [9.17, 15) is 28.1 Å². The van der Waals surface area contributed by atoms with Crippen LogP contribution in [-0.4, -0.2) is 60.9 Å². The zero-order valence-electron chi connectivity index (χ0n) is 17.2. The Morgan fingerprint density at radius 3 is 2.19 bits per heavy atom. The Morgan fingerprint density at radius 1 is 1.06 bits per heavy atom. The summed E-state index contributed by atoms with van der Waals surface area (Å²) in [5.74, 6) is -0.275. The molecule has 0 atom stereocenters. The van der Waals surface area contributed by atoms with Crippen molar-refractivity contribution in [2.24, 2.45) is 0 Å². The third-order valence-electron chi connectivity index (χ3n) is 5.25. The average Bonchev–Trinajstić information content (AvgIpc) is 2.73. The number of hydrogen-bond acceptors (Lipinski definition) is 5. The highest BCUT2D eigenvalue weighted by Gasteiger charge is 2.30. The molecule has 1 fully saturated rings. The molecule has 0 aliphatic carbocycles. The number of amides is 1. The molecule has 2 aromatic carbocycles. The number of alkyl halides is 3. The van der Waals surface area contributed by atoms with Gasteiger partial charge in [0.15, 0.2) is 0 Å². The van der Waals surface area contributed by atoms with Gasteiger partial charge in [-0.25, -0.2) is 0 Å². The standard InChI is InChI=1S/C21H23F3N4O3/c1-25(2)18-8-5-16(13-19(18)28(30)31)20(29)27-11-9-26(10-12-27)14-15-3-6-17(7-4-15)21(22,23)24/h3-8,13H,9-12,14H2,1-2H3. The van der Waals surface area contributed by atoms with E-state index in [2.05, 4.69) is 4.90 Å². The summed E-state index contributed by atoms with van der Waals surface area (Å²) >= 11 is 0. The molecule has 0 unspecified atom stereocenters. The maximum atomic E-state index is 12.8. The quantitative estimate of drug-likeness (QED) is 0.529. The van der Waals surface area contributed by atoms with Crippen molar-refractivity contribution in [2.45, 2.75) is 12.7 Å². The van der Waals surface area contributed by atoms with Gasteiger partial charge >= 0.3 is 6.18 Å². The molecular weight excluding hydrogens is 413 g/mol. The summed E-state index contributed by atoms with van der Waals surface area (Å²) in [6.45, 7) is 2.48. The fourth-order valence-electron chi connectivity index (χ4n) is 3.53. The van der Waals surface area contributed by atoms with Gasteiger partial charge in [0.05, 0.1) is 10.5 Å². The molecule has 10 heteroatoms. The van der Waals surface area contributed by atoms with Crippen molar-refractivity contribution in [3.05, 3.63) is 69.3 Å². The van der Waals surface area contributed by atoms with Crippen LogP contribution in [0, 0.1) is 10.1 Å². The summed E-state index contributed by atoms with van der Waals surface area (Å²) in [5, 5.41) is 11.4. The Kier molecular flexibility index (Phi) is 6.49. The van der Waals surface area contributed by atoms with Crippen LogP contribution in [0.25, 0.3) is 0 Å². The maximum Gasteiger partial charge on any atom is 0.416 e. The molecule has 7 nitrogen and oxygen atoms in total. The lowest BCUT2D eigenvalue weighted by atomic mass is 10.1. The number of halogens is 3. The van der Waals surface area contributed by atoms with Gasteiger partial charge in [0, 0.05) is 58.4 Å². The number of nitrogens with zero attached hydrogens (tertiary/aromatic N) is 4. The smallest absolute Gasteiger partial charge is 0.372 e. The predicted molar refractivity (Wildman–Crippen MR) is 110 cm³/mol. The fourth-order valence-corrected chi connectivity index (χ4v) is 3.53. The zero-order valence-corrected chi connectivity index (χ0v) is 17.2. The van der Waals surface area contributed by atoms with Crippen molar-refractivity contribution < 1.29 is 22.9 Å². The number of carbonyl (C=O) groups excluding carboxylic acids is 1. The van der Waals surface area contributed by atoms with Crippen LogP contribution in [0.15, 0.2) is 42.5 Å². The van der Waals surface area contributed by atoms with Gasteiger partial charge in [0.25, 0.3) is 11.6 Å². The Morgan fingerprint density at radius 2 is 1.68 bits per heavy atom. The zero-order chi connectivity index (χ0) is 22.8. The first-order valence-electron chi connectivity index (χ1n) is 9.70. The molecule has 0 radical (unpaired) electrons. The van der Waals surface area contributed by atoms with Crippen molar-refractivity contribution in [3.8, 4) is 0 Å². The Balaban J connectivity index is 1.61. The minimum atomic E-state index is -4.36. The third kappa shape index (κ3) is 5.32. The van der Waals surface area contributed by atoms with Crippen LogP contribution in [0.1, 0.15) is 21.5 Å². The topological polar surface area (TPSA) is 69.9 Å². The predicted octanol–water partition coefficient (Wildman–Crippen LogP) is 3.64. The van der Waals surface area contributed by atoms with E-state index in [4.69, 9.17) is 0 Å². The molecule has 1 aliphatic heterocycles. The van der Waals surface area contributed by atoms with Gasteiger partial charge < -0.3 is 9.80 Å². The summed E-state index contributed by atoms with van der Waals surface area (Å²) < 4.78 is 38.0. The van der Waals surface area contributed by atoms with E-state index in [-0.39, 0.29) is 17.2 Å². The second-order valence-electron chi connectivity index (χ2n) is 7.62. The molecule has 1 saturated heterocycles. The second-order valence-corrected chi connectivity index (χ2v) is 7.62. The molecule has 3 rings (SSSR count). The maximum absolute atomic E-state index is 12.8. The number of hydrogen-bond donors (Lipinski definition) is 0. The Labute approximate surface area is 177 Å². The van der Waals surface area contributed by atoms with E-state index in [1.54, 1.807) is 36.0 Å². The van der Waals surface area contributed by atoms with Crippen molar-refractivity contribution in [1.82, 2.24) is 9.80 Å². The minimum absolute atomic E-state index is 0.128. The van der Waals surface area contributed by atoms with Crippen LogP contribution in [0.5, 0.6) is 0 Å². The number of anilines is 1. The number of nitro groups is 1. The lowest BCUT2D eigenvalue weighted by Gasteiger charge is -2.34. The molecule has 0 saturated carbocycles. The van der Waals surface area contributed by atoms with E-state index in [1.165, 1.54) is 18.2 Å². The summed E-state index contributed by atoms with van der Waals surface area (Å²) in [4.78, 5) is 29.0. The van der Waals surface area contributed by atoms with Gasteiger partial charge in [0.1, 0.15) is 5.69 Å².